The third kappa shape index (κ3) is 4.58. The zero-order chi connectivity index (χ0) is 19.3. The van der Waals surface area contributed by atoms with E-state index in [-0.39, 0.29) is 13.2 Å². The van der Waals surface area contributed by atoms with Crippen molar-refractivity contribution in [3.8, 4) is 17.6 Å². The SMILES string of the molecule is O=S(=O)(NCC#CCOc1ccc2cccnc2c1)c1c(F)cccc1F. The molecule has 0 fully saturated rings. The molecule has 0 radical (unpaired) electrons. The second-order valence-corrected chi connectivity index (χ2v) is 7.08. The minimum absolute atomic E-state index is 0.0220. The van der Waals surface area contributed by atoms with Crippen LogP contribution >= 0.6 is 0 Å². The number of benzene rings is 2. The molecule has 0 atom stereocenters. The number of nitrogens with one attached hydrogen (secondary N) is 1. The topological polar surface area (TPSA) is 68.3 Å². The summed E-state index contributed by atoms with van der Waals surface area (Å²) >= 11 is 0. The average Bonchev–Trinajstić information content (AvgIpc) is 2.64. The van der Waals surface area contributed by atoms with E-state index < -0.39 is 26.6 Å². The lowest BCUT2D eigenvalue weighted by Crippen LogP contribution is -2.26. The van der Waals surface area contributed by atoms with E-state index in [4.69, 9.17) is 4.74 Å². The summed E-state index contributed by atoms with van der Waals surface area (Å²) in [4.78, 5) is 3.19. The quantitative estimate of drug-likeness (QED) is 0.683. The summed E-state index contributed by atoms with van der Waals surface area (Å²) in [6, 6.07) is 12.0. The van der Waals surface area contributed by atoms with Gasteiger partial charge in [-0.2, -0.15) is 4.72 Å². The molecule has 0 unspecified atom stereocenters. The van der Waals surface area contributed by atoms with Gasteiger partial charge in [-0.05, 0) is 30.3 Å². The number of aromatic nitrogens is 1. The van der Waals surface area contributed by atoms with Crippen LogP contribution in [0.3, 0.4) is 0 Å². The van der Waals surface area contributed by atoms with Gasteiger partial charge in [0.1, 0.15) is 24.0 Å². The van der Waals surface area contributed by atoms with Crippen molar-refractivity contribution in [1.82, 2.24) is 9.71 Å². The Labute approximate surface area is 155 Å². The summed E-state index contributed by atoms with van der Waals surface area (Å²) < 4.78 is 58.5. The van der Waals surface area contributed by atoms with Crippen LogP contribution in [0.4, 0.5) is 8.78 Å². The lowest BCUT2D eigenvalue weighted by atomic mass is 10.2. The molecule has 5 nitrogen and oxygen atoms in total. The van der Waals surface area contributed by atoms with Gasteiger partial charge in [0.2, 0.25) is 10.0 Å². The Morgan fingerprint density at radius 3 is 2.59 bits per heavy atom. The van der Waals surface area contributed by atoms with Crippen molar-refractivity contribution in [2.45, 2.75) is 4.90 Å². The molecule has 138 valence electrons. The maximum Gasteiger partial charge on any atom is 0.247 e. The molecular weight excluding hydrogens is 374 g/mol. The molecule has 8 heteroatoms. The lowest BCUT2D eigenvalue weighted by molar-refractivity contribution is 0.370. The summed E-state index contributed by atoms with van der Waals surface area (Å²) in [5.74, 6) is 3.41. The Morgan fingerprint density at radius 2 is 1.81 bits per heavy atom. The molecule has 1 aromatic heterocycles. The van der Waals surface area contributed by atoms with Crippen LogP contribution in [0, 0.1) is 23.5 Å². The van der Waals surface area contributed by atoms with Gasteiger partial charge in [0.25, 0.3) is 0 Å². The number of rotatable bonds is 5. The van der Waals surface area contributed by atoms with E-state index in [1.165, 1.54) is 0 Å². The van der Waals surface area contributed by atoms with Gasteiger partial charge >= 0.3 is 0 Å². The maximum absolute atomic E-state index is 13.6. The number of halogens is 2. The molecule has 2 aromatic carbocycles. The van der Waals surface area contributed by atoms with E-state index in [9.17, 15) is 17.2 Å². The predicted octanol–water partition coefficient (Wildman–Crippen LogP) is 2.87. The van der Waals surface area contributed by atoms with E-state index in [1.807, 2.05) is 22.9 Å². The Kier molecular flexibility index (Phi) is 5.64. The minimum Gasteiger partial charge on any atom is -0.481 e. The van der Waals surface area contributed by atoms with Crippen molar-refractivity contribution in [3.63, 3.8) is 0 Å². The number of pyridine rings is 1. The molecule has 0 aliphatic heterocycles. The van der Waals surface area contributed by atoms with Gasteiger partial charge in [0, 0.05) is 17.6 Å². The van der Waals surface area contributed by atoms with Crippen LogP contribution in [0.25, 0.3) is 10.9 Å². The third-order valence-corrected chi connectivity index (χ3v) is 5.00. The molecule has 0 saturated heterocycles. The first-order chi connectivity index (χ1) is 13.0. The van der Waals surface area contributed by atoms with E-state index in [0.29, 0.717) is 5.75 Å². The monoisotopic (exact) mass is 388 g/mol. The Balaban J connectivity index is 1.56. The van der Waals surface area contributed by atoms with E-state index >= 15 is 0 Å². The van der Waals surface area contributed by atoms with E-state index in [2.05, 4.69) is 16.8 Å². The summed E-state index contributed by atoms with van der Waals surface area (Å²) in [6.45, 7) is -0.285. The lowest BCUT2D eigenvalue weighted by Gasteiger charge is -2.06. The predicted molar refractivity (Wildman–Crippen MR) is 96.6 cm³/mol. The Bertz CT molecular complexity index is 1120. The fourth-order valence-electron chi connectivity index (χ4n) is 2.31. The van der Waals surface area contributed by atoms with Crippen molar-refractivity contribution >= 4 is 20.9 Å². The standard InChI is InChI=1S/C19H14F2N2O3S/c20-16-6-3-7-17(21)19(16)27(24,25)23-11-1-2-12-26-15-9-8-14-5-4-10-22-18(14)13-15/h3-10,13,23H,11-12H2. The molecule has 0 spiro atoms. The summed E-state index contributed by atoms with van der Waals surface area (Å²) in [6.07, 6.45) is 1.68. The number of fused-ring (bicyclic) bond motifs is 1. The van der Waals surface area contributed by atoms with Gasteiger partial charge in [-0.15, -0.1) is 0 Å². The van der Waals surface area contributed by atoms with Crippen molar-refractivity contribution in [2.24, 2.45) is 0 Å². The summed E-state index contributed by atoms with van der Waals surface area (Å²) in [5.41, 5.74) is 0.780. The van der Waals surface area contributed by atoms with Crippen LogP contribution in [-0.2, 0) is 10.0 Å². The third-order valence-electron chi connectivity index (χ3n) is 3.55. The largest absolute Gasteiger partial charge is 0.481 e. The zero-order valence-corrected chi connectivity index (χ0v) is 14.8. The van der Waals surface area contributed by atoms with Crippen molar-refractivity contribution in [3.05, 3.63) is 66.4 Å². The fraction of sp³-hybridized carbons (Fsp3) is 0.105. The maximum atomic E-state index is 13.6. The Morgan fingerprint density at radius 1 is 1.04 bits per heavy atom. The van der Waals surface area contributed by atoms with Gasteiger partial charge in [-0.25, -0.2) is 17.2 Å². The number of nitrogens with zero attached hydrogens (tertiary/aromatic N) is 1. The van der Waals surface area contributed by atoms with Crippen LogP contribution in [0.5, 0.6) is 5.75 Å². The summed E-state index contributed by atoms with van der Waals surface area (Å²) in [5, 5.41) is 0.978. The molecule has 27 heavy (non-hydrogen) atoms. The molecule has 1 N–H and O–H groups in total. The number of sulfonamides is 1. The molecule has 1 heterocycles. The smallest absolute Gasteiger partial charge is 0.247 e. The first kappa shape index (κ1) is 18.8. The molecule has 0 aliphatic rings. The van der Waals surface area contributed by atoms with Crippen LogP contribution in [0.2, 0.25) is 0 Å². The first-order valence-electron chi connectivity index (χ1n) is 7.84. The van der Waals surface area contributed by atoms with Gasteiger partial charge < -0.3 is 4.74 Å². The Hall–Kier alpha value is -3.02. The normalized spacial score (nSPS) is 11.0. The van der Waals surface area contributed by atoms with Gasteiger partial charge in [-0.1, -0.05) is 24.0 Å². The second-order valence-electron chi connectivity index (χ2n) is 5.38. The number of hydrogen-bond donors (Lipinski definition) is 1. The van der Waals surface area contributed by atoms with Gasteiger partial charge in [0.15, 0.2) is 4.90 Å². The molecule has 0 saturated carbocycles. The minimum atomic E-state index is -4.34. The second kappa shape index (κ2) is 8.12. The fourth-order valence-corrected chi connectivity index (χ4v) is 3.37. The molecule has 0 amide bonds. The molecular formula is C19H14F2N2O3S. The van der Waals surface area contributed by atoms with E-state index in [1.54, 1.807) is 18.3 Å². The van der Waals surface area contributed by atoms with Crippen molar-refractivity contribution in [1.29, 1.82) is 0 Å². The van der Waals surface area contributed by atoms with E-state index in [0.717, 1.165) is 29.1 Å². The van der Waals surface area contributed by atoms with Crippen LogP contribution < -0.4 is 9.46 Å². The molecule has 0 bridgehead atoms. The molecule has 3 aromatic rings. The summed E-state index contributed by atoms with van der Waals surface area (Å²) in [7, 11) is -4.34. The number of hydrogen-bond acceptors (Lipinski definition) is 4. The van der Waals surface area contributed by atoms with Crippen LogP contribution in [0.15, 0.2) is 59.6 Å². The molecule has 3 rings (SSSR count). The van der Waals surface area contributed by atoms with Crippen molar-refractivity contribution < 1.29 is 21.9 Å². The highest BCUT2D eigenvalue weighted by Crippen LogP contribution is 2.19. The van der Waals surface area contributed by atoms with Gasteiger partial charge in [-0.3, -0.25) is 4.98 Å². The van der Waals surface area contributed by atoms with Crippen LogP contribution in [0.1, 0.15) is 0 Å². The highest BCUT2D eigenvalue weighted by Gasteiger charge is 2.22. The molecule has 0 aliphatic carbocycles. The van der Waals surface area contributed by atoms with Crippen LogP contribution in [-0.4, -0.2) is 26.6 Å². The van der Waals surface area contributed by atoms with Crippen molar-refractivity contribution in [2.75, 3.05) is 13.2 Å². The number of ether oxygens (including phenoxy) is 1. The highest BCUT2D eigenvalue weighted by atomic mass is 32.2. The van der Waals surface area contributed by atoms with Gasteiger partial charge in [0.05, 0.1) is 12.1 Å². The zero-order valence-electron chi connectivity index (χ0n) is 13.9. The first-order valence-corrected chi connectivity index (χ1v) is 9.33. The average molecular weight is 388 g/mol. The highest BCUT2D eigenvalue weighted by molar-refractivity contribution is 7.89.